The zero-order chi connectivity index (χ0) is 33.6. The molecule has 4 rings (SSSR count). The summed E-state index contributed by atoms with van der Waals surface area (Å²) in [5.74, 6) is 0.319. The highest BCUT2D eigenvalue weighted by Crippen LogP contribution is 2.27. The summed E-state index contributed by atoms with van der Waals surface area (Å²) in [4.78, 5) is 32.6. The number of aryl methyl sites for hydroxylation is 1. The topological polar surface area (TPSA) is 134 Å². The van der Waals surface area contributed by atoms with Gasteiger partial charge in [0.15, 0.2) is 6.29 Å². The highest BCUT2D eigenvalue weighted by molar-refractivity contribution is 8.03. The fraction of sp³-hybridized carbons (Fsp3) is 0.257. The summed E-state index contributed by atoms with van der Waals surface area (Å²) in [6, 6.07) is 15.5. The number of aliphatic hydroxyl groups excluding tert-OH is 1. The summed E-state index contributed by atoms with van der Waals surface area (Å²) in [6.45, 7) is 4.76. The van der Waals surface area contributed by atoms with Crippen molar-refractivity contribution in [2.45, 2.75) is 19.3 Å². The number of aliphatic hydroxyl groups is 1. The second-order valence-electron chi connectivity index (χ2n) is 9.63. The number of carbonyl (C=O) groups is 2. The van der Waals surface area contributed by atoms with Crippen molar-refractivity contribution in [1.29, 1.82) is 0 Å². The lowest BCUT2D eigenvalue weighted by molar-refractivity contribution is -0.115. The lowest BCUT2D eigenvalue weighted by Crippen LogP contribution is -2.31. The standard InChI is InChI=1S/C15H15N3O2S.C11H17N3S.C9H12O/c1-16-14-12(9-19)4-3-6-18(14)13(15(20)17-2)8-11-5-7-21-10-11;1-13-7-9-3-5-10(14-2)11(6-4-9)15-8-12;10-8-4-7-9-5-2-1-3-6-9/h3-10H,1-2H3,(H,17,20);3,5-6,13H,2,4,7-8,12H2,1H3;1-3,5-6,10H,4,7-8H2/b13-8+,16-14?;;. The van der Waals surface area contributed by atoms with E-state index in [9.17, 15) is 9.59 Å². The number of aldehydes is 1. The minimum Gasteiger partial charge on any atom is -0.396 e. The van der Waals surface area contributed by atoms with Crippen molar-refractivity contribution in [2.24, 2.45) is 15.7 Å². The minimum atomic E-state index is -0.251. The van der Waals surface area contributed by atoms with Gasteiger partial charge in [-0.2, -0.15) is 11.3 Å². The number of benzene rings is 1. The van der Waals surface area contributed by atoms with E-state index in [1.165, 1.54) is 11.1 Å². The van der Waals surface area contributed by atoms with Crippen LogP contribution in [0.25, 0.3) is 11.8 Å². The van der Waals surface area contributed by atoms with Crippen molar-refractivity contribution in [3.8, 4) is 0 Å². The number of nitrogens with one attached hydrogen (secondary N) is 2. The molecule has 1 aromatic carbocycles. The number of nitrogens with two attached hydrogens (primary N) is 1. The lowest BCUT2D eigenvalue weighted by atomic mass is 10.1. The van der Waals surface area contributed by atoms with Gasteiger partial charge in [-0.3, -0.25) is 24.1 Å². The molecule has 1 aliphatic carbocycles. The number of aliphatic imine (C=N–C) groups is 1. The second-order valence-corrected chi connectivity index (χ2v) is 11.5. The normalized spacial score (nSPS) is 13.0. The molecule has 0 aliphatic heterocycles. The average molecular weight is 661 g/mol. The van der Waals surface area contributed by atoms with Gasteiger partial charge in [-0.15, -0.1) is 11.8 Å². The molecule has 3 aromatic rings. The van der Waals surface area contributed by atoms with E-state index in [2.05, 4.69) is 51.6 Å². The monoisotopic (exact) mass is 660 g/mol. The van der Waals surface area contributed by atoms with E-state index in [-0.39, 0.29) is 12.5 Å². The Balaban J connectivity index is 0.000000257. The van der Waals surface area contributed by atoms with Crippen LogP contribution in [-0.2, 0) is 11.2 Å². The van der Waals surface area contributed by atoms with Crippen molar-refractivity contribution >= 4 is 53.8 Å². The number of aromatic nitrogens is 1. The predicted molar refractivity (Wildman–Crippen MR) is 195 cm³/mol. The Labute approximate surface area is 280 Å². The van der Waals surface area contributed by atoms with Gasteiger partial charge in [-0.25, -0.2) is 0 Å². The van der Waals surface area contributed by atoms with Crippen LogP contribution < -0.4 is 21.9 Å². The molecule has 46 heavy (non-hydrogen) atoms. The molecule has 0 bridgehead atoms. The smallest absolute Gasteiger partial charge is 0.268 e. The molecule has 2 aromatic heterocycles. The molecule has 244 valence electrons. The van der Waals surface area contributed by atoms with Crippen LogP contribution >= 0.6 is 23.1 Å². The summed E-state index contributed by atoms with van der Waals surface area (Å²) in [7, 11) is 5.10. The zero-order valence-corrected chi connectivity index (χ0v) is 28.3. The highest BCUT2D eigenvalue weighted by Gasteiger charge is 2.12. The summed E-state index contributed by atoms with van der Waals surface area (Å²) >= 11 is 3.15. The van der Waals surface area contributed by atoms with Gasteiger partial charge in [0.25, 0.3) is 5.91 Å². The van der Waals surface area contributed by atoms with E-state index in [0.29, 0.717) is 22.6 Å². The average Bonchev–Trinajstić information content (AvgIpc) is 3.54. The van der Waals surface area contributed by atoms with Crippen LogP contribution in [0.5, 0.6) is 0 Å². The van der Waals surface area contributed by atoms with Crippen LogP contribution in [0.1, 0.15) is 34.3 Å². The van der Waals surface area contributed by atoms with Crippen LogP contribution in [0.4, 0.5) is 0 Å². The first-order chi connectivity index (χ1) is 22.5. The van der Waals surface area contributed by atoms with Crippen LogP contribution in [0.3, 0.4) is 0 Å². The molecule has 0 fully saturated rings. The van der Waals surface area contributed by atoms with E-state index >= 15 is 0 Å². The first-order valence-electron chi connectivity index (χ1n) is 14.7. The number of nitrogens with zero attached hydrogens (tertiary/aromatic N) is 3. The number of amides is 1. The Bertz CT molecular complexity index is 1570. The second kappa shape index (κ2) is 22.4. The van der Waals surface area contributed by atoms with Gasteiger partial charge >= 0.3 is 0 Å². The number of carbonyl (C=O) groups excluding carboxylic acids is 2. The van der Waals surface area contributed by atoms with Crippen LogP contribution in [0.2, 0.25) is 0 Å². The summed E-state index contributed by atoms with van der Waals surface area (Å²) < 4.78 is 1.61. The summed E-state index contributed by atoms with van der Waals surface area (Å²) in [5.41, 5.74) is 11.3. The zero-order valence-electron chi connectivity index (χ0n) is 26.7. The van der Waals surface area contributed by atoms with Gasteiger partial charge in [-0.1, -0.05) is 48.1 Å². The van der Waals surface area contributed by atoms with E-state index in [1.807, 2.05) is 48.1 Å². The van der Waals surface area contributed by atoms with Crippen LogP contribution in [0.15, 0.2) is 110 Å². The molecule has 0 unspecified atom stereocenters. The van der Waals surface area contributed by atoms with Crippen LogP contribution in [0, 0.1) is 0 Å². The highest BCUT2D eigenvalue weighted by atomic mass is 32.2. The Morgan fingerprint density at radius 1 is 1.17 bits per heavy atom. The molecule has 0 saturated heterocycles. The Hall–Kier alpha value is -4.13. The number of rotatable bonds is 12. The molecule has 9 nitrogen and oxygen atoms in total. The lowest BCUT2D eigenvalue weighted by Gasteiger charge is -2.12. The summed E-state index contributed by atoms with van der Waals surface area (Å²) in [5, 5.41) is 18.2. The molecule has 2 heterocycles. The number of pyridine rings is 1. The maximum atomic E-state index is 12.2. The summed E-state index contributed by atoms with van der Waals surface area (Å²) in [6.07, 6.45) is 13.3. The number of likely N-dealkylation sites (N-methyl/N-ethyl adjacent to an activating group) is 2. The van der Waals surface area contributed by atoms with Gasteiger partial charge in [0.1, 0.15) is 11.2 Å². The van der Waals surface area contributed by atoms with Crippen molar-refractivity contribution in [3.05, 3.63) is 122 Å². The van der Waals surface area contributed by atoms with Crippen molar-refractivity contribution in [2.75, 3.05) is 40.2 Å². The van der Waals surface area contributed by atoms with Crippen molar-refractivity contribution in [1.82, 2.24) is 15.2 Å². The van der Waals surface area contributed by atoms with E-state index in [4.69, 9.17) is 10.8 Å². The van der Waals surface area contributed by atoms with Crippen molar-refractivity contribution in [3.63, 3.8) is 0 Å². The van der Waals surface area contributed by atoms with Crippen molar-refractivity contribution < 1.29 is 14.7 Å². The molecule has 0 spiro atoms. The molecule has 0 atom stereocenters. The van der Waals surface area contributed by atoms with E-state index in [1.54, 1.807) is 66.2 Å². The van der Waals surface area contributed by atoms with Gasteiger partial charge in [0.05, 0.1) is 11.3 Å². The fourth-order valence-corrected chi connectivity index (χ4v) is 5.52. The first kappa shape index (κ1) is 38.1. The Morgan fingerprint density at radius 2 is 1.96 bits per heavy atom. The van der Waals surface area contributed by atoms with Gasteiger partial charge in [0, 0.05) is 44.2 Å². The fourth-order valence-electron chi connectivity index (χ4n) is 4.24. The third-order valence-corrected chi connectivity index (χ3v) is 8.02. The predicted octanol–water partition coefficient (Wildman–Crippen LogP) is 4.90. The van der Waals surface area contributed by atoms with Gasteiger partial charge in [-0.05, 0) is 85.3 Å². The maximum absolute atomic E-state index is 12.2. The van der Waals surface area contributed by atoms with Gasteiger partial charge in [0.2, 0.25) is 0 Å². The molecule has 11 heteroatoms. The molecule has 1 aliphatic rings. The van der Waals surface area contributed by atoms with E-state index in [0.717, 1.165) is 48.3 Å². The maximum Gasteiger partial charge on any atom is 0.268 e. The van der Waals surface area contributed by atoms with Crippen LogP contribution in [-0.4, -0.2) is 68.8 Å². The third-order valence-electron chi connectivity index (χ3n) is 6.46. The molecule has 0 radical (unpaired) electrons. The largest absolute Gasteiger partial charge is 0.396 e. The molecule has 1 amide bonds. The molecule has 5 N–H and O–H groups in total. The molecule has 0 saturated carbocycles. The first-order valence-corrected chi connectivity index (χ1v) is 16.6. The van der Waals surface area contributed by atoms with E-state index < -0.39 is 0 Å². The third kappa shape index (κ3) is 12.7. The number of hydrogen-bond acceptors (Lipinski definition) is 9. The Morgan fingerprint density at radius 3 is 2.54 bits per heavy atom. The quantitative estimate of drug-likeness (QED) is 0.0945. The molecular formula is C35H44N6O3S2. The number of thiophene rings is 1. The number of hydrogen-bond donors (Lipinski definition) is 4. The number of allylic oxidation sites excluding steroid dienone is 3. The Kier molecular flexibility index (Phi) is 18.5. The van der Waals surface area contributed by atoms with Gasteiger partial charge < -0.3 is 21.5 Å². The minimum absolute atomic E-state index is 0.251. The SMILES string of the molecule is C=NC1=CC=C(CNC)CC=C1SCN.CN=c1c(C=O)cccn1/C(=C/c1ccsc1)C(=O)NC.OCCCc1ccccc1. The molecular weight excluding hydrogens is 617 g/mol. The number of thioether (sulfide) groups is 1.